The van der Waals surface area contributed by atoms with Gasteiger partial charge in [-0.25, -0.2) is 9.67 Å². The molecule has 16 heteroatoms. The molecule has 3 aromatic heterocycles. The lowest BCUT2D eigenvalue weighted by molar-refractivity contribution is -0.145. The maximum atomic E-state index is 13.7. The number of tetrazole rings is 1. The largest absolute Gasteiger partial charge is 0.455 e. The Balaban J connectivity index is 1.51. The Kier molecular flexibility index (Phi) is 7.90. The number of nitrogens with one attached hydrogen (secondary N) is 2. The highest BCUT2D eigenvalue weighted by atomic mass is 35.5. The van der Waals surface area contributed by atoms with Crippen LogP contribution in [0.4, 0.5) is 18.9 Å². The summed E-state index contributed by atoms with van der Waals surface area (Å²) in [5.41, 5.74) is 1.02. The number of hydrogen-bond donors (Lipinski definition) is 2. The summed E-state index contributed by atoms with van der Waals surface area (Å²) in [7, 11) is 0. The number of alkyl halides is 3. The molecule has 4 aromatic rings. The highest BCUT2D eigenvalue weighted by Crippen LogP contribution is 2.27. The zero-order valence-electron chi connectivity index (χ0n) is 22.0. The topological polar surface area (TPSA) is 156 Å². The van der Waals surface area contributed by atoms with Crippen LogP contribution in [-0.2, 0) is 12.7 Å². The van der Waals surface area contributed by atoms with Gasteiger partial charge >= 0.3 is 6.18 Å². The van der Waals surface area contributed by atoms with Crippen LogP contribution in [0.3, 0.4) is 0 Å². The van der Waals surface area contributed by atoms with Crippen molar-refractivity contribution in [2.24, 2.45) is 0 Å². The fraction of sp³-hybridized carbons (Fsp3) is 0.308. The molecule has 216 valence electrons. The summed E-state index contributed by atoms with van der Waals surface area (Å²) in [4.78, 5) is 31.8. The van der Waals surface area contributed by atoms with Crippen molar-refractivity contribution >= 4 is 29.1 Å². The van der Waals surface area contributed by atoms with Gasteiger partial charge in [0.2, 0.25) is 0 Å². The van der Waals surface area contributed by atoms with Gasteiger partial charge < -0.3 is 10.6 Å². The normalized spacial score (nSPS) is 13.6. The minimum absolute atomic E-state index is 0.00866. The van der Waals surface area contributed by atoms with Crippen LogP contribution in [-0.4, -0.2) is 52.8 Å². The number of nitrogens with zero attached hydrogens (tertiary/aromatic N) is 8. The number of halogens is 4. The van der Waals surface area contributed by atoms with Crippen molar-refractivity contribution in [3.63, 3.8) is 0 Å². The first-order chi connectivity index (χ1) is 20.0. The van der Waals surface area contributed by atoms with E-state index in [1.165, 1.54) is 30.5 Å². The van der Waals surface area contributed by atoms with Crippen LogP contribution in [0.15, 0.2) is 36.5 Å². The van der Waals surface area contributed by atoms with Crippen molar-refractivity contribution in [3.05, 3.63) is 75.5 Å². The predicted octanol–water partition coefficient (Wildman–Crippen LogP) is 4.08. The summed E-state index contributed by atoms with van der Waals surface area (Å²) in [5.74, 6) is -2.50. The van der Waals surface area contributed by atoms with Crippen LogP contribution < -0.4 is 10.6 Å². The Bertz CT molecular complexity index is 1700. The second-order valence-corrected chi connectivity index (χ2v) is 10.0. The minimum Gasteiger partial charge on any atom is -0.349 e. The van der Waals surface area contributed by atoms with Crippen molar-refractivity contribution in [1.29, 1.82) is 5.26 Å². The zero-order valence-corrected chi connectivity index (χ0v) is 22.7. The van der Waals surface area contributed by atoms with E-state index in [1.807, 2.05) is 6.07 Å². The summed E-state index contributed by atoms with van der Waals surface area (Å²) in [6, 6.07) is 9.37. The molecule has 0 aliphatic heterocycles. The molecule has 1 aliphatic carbocycles. The molecule has 0 bridgehead atoms. The molecule has 1 fully saturated rings. The number of carbonyl (C=O) groups excluding carboxylic acids is 2. The average Bonchev–Trinajstić information content (AvgIpc) is 3.71. The van der Waals surface area contributed by atoms with E-state index in [-0.39, 0.29) is 51.6 Å². The molecule has 1 saturated carbocycles. The molecule has 3 heterocycles. The molecule has 1 aliphatic rings. The van der Waals surface area contributed by atoms with Gasteiger partial charge in [-0.3, -0.25) is 9.59 Å². The van der Waals surface area contributed by atoms with E-state index in [0.29, 0.717) is 10.4 Å². The number of anilines is 1. The minimum atomic E-state index is -4.79. The fourth-order valence-electron chi connectivity index (χ4n) is 4.64. The summed E-state index contributed by atoms with van der Waals surface area (Å²) in [5, 5.41) is 29.4. The average molecular weight is 599 g/mol. The standard InChI is InChI=1S/C26H22ClF3N10O2/c1-14-9-15(12-31)10-18(23(41)33-16-5-2-3-6-16)21(14)34-24(42)20-11-17(13-39-37-25(35-38-39)26(28,29)30)36-40(20)22-19(27)7-4-8-32-22/h4,7-11,16H,2-3,5-6,13H2,1H3,(H,33,41)(H,34,42). The number of aromatic nitrogens is 7. The molecule has 0 spiro atoms. The lowest BCUT2D eigenvalue weighted by atomic mass is 10.0. The van der Waals surface area contributed by atoms with E-state index in [2.05, 4.69) is 36.1 Å². The van der Waals surface area contributed by atoms with Gasteiger partial charge in [-0.2, -0.15) is 28.3 Å². The fourth-order valence-corrected chi connectivity index (χ4v) is 4.84. The van der Waals surface area contributed by atoms with Gasteiger partial charge in [0.05, 0.1) is 33.6 Å². The Morgan fingerprint density at radius 3 is 2.60 bits per heavy atom. The van der Waals surface area contributed by atoms with Crippen molar-refractivity contribution in [2.75, 3.05) is 5.32 Å². The van der Waals surface area contributed by atoms with Crippen LogP contribution in [0.1, 0.15) is 69.2 Å². The van der Waals surface area contributed by atoms with Gasteiger partial charge in [-0.05, 0) is 60.9 Å². The number of pyridine rings is 1. The molecule has 0 unspecified atom stereocenters. The molecule has 42 heavy (non-hydrogen) atoms. The quantitative estimate of drug-likeness (QED) is 0.322. The molecule has 12 nitrogen and oxygen atoms in total. The maximum absolute atomic E-state index is 13.7. The van der Waals surface area contributed by atoms with Crippen LogP contribution >= 0.6 is 11.6 Å². The smallest absolute Gasteiger partial charge is 0.349 e. The molecule has 2 N–H and O–H groups in total. The van der Waals surface area contributed by atoms with Crippen LogP contribution in [0, 0.1) is 18.3 Å². The number of hydrogen-bond acceptors (Lipinski definition) is 8. The monoisotopic (exact) mass is 598 g/mol. The number of aryl methyl sites for hydroxylation is 1. The van der Waals surface area contributed by atoms with E-state index in [0.717, 1.165) is 30.4 Å². The molecule has 2 amide bonds. The van der Waals surface area contributed by atoms with Gasteiger partial charge in [-0.15, -0.1) is 10.2 Å². The maximum Gasteiger partial charge on any atom is 0.455 e. The molecule has 0 atom stereocenters. The lowest BCUT2D eigenvalue weighted by Gasteiger charge is -2.17. The highest BCUT2D eigenvalue weighted by Gasteiger charge is 2.37. The number of carbonyl (C=O) groups is 2. The molecular weight excluding hydrogens is 577 g/mol. The SMILES string of the molecule is Cc1cc(C#N)cc(C(=O)NC2CCCC2)c1NC(=O)c1cc(Cn2nnc(C(F)(F)F)n2)nn1-c1ncccc1Cl. The second kappa shape index (κ2) is 11.6. The third kappa shape index (κ3) is 6.08. The summed E-state index contributed by atoms with van der Waals surface area (Å²) in [6.45, 7) is 1.29. The lowest BCUT2D eigenvalue weighted by Crippen LogP contribution is -2.33. The first-order valence-electron chi connectivity index (χ1n) is 12.7. The summed E-state index contributed by atoms with van der Waals surface area (Å²) < 4.78 is 40.0. The Labute approximate surface area is 241 Å². The third-order valence-electron chi connectivity index (χ3n) is 6.58. The van der Waals surface area contributed by atoms with Crippen LogP contribution in [0.2, 0.25) is 5.02 Å². The zero-order chi connectivity index (χ0) is 30.0. The second-order valence-electron chi connectivity index (χ2n) is 9.62. The first kappa shape index (κ1) is 28.7. The number of benzene rings is 1. The molecule has 5 rings (SSSR count). The van der Waals surface area contributed by atoms with Crippen molar-refractivity contribution < 1.29 is 22.8 Å². The van der Waals surface area contributed by atoms with E-state index < -0.39 is 23.8 Å². The Morgan fingerprint density at radius 2 is 1.93 bits per heavy atom. The summed E-state index contributed by atoms with van der Waals surface area (Å²) >= 11 is 6.32. The van der Waals surface area contributed by atoms with E-state index in [4.69, 9.17) is 11.6 Å². The number of rotatable bonds is 7. The van der Waals surface area contributed by atoms with Crippen LogP contribution in [0.25, 0.3) is 5.82 Å². The van der Waals surface area contributed by atoms with E-state index >= 15 is 0 Å². The summed E-state index contributed by atoms with van der Waals surface area (Å²) in [6.07, 6.45) is 0.302. The van der Waals surface area contributed by atoms with Crippen LogP contribution in [0.5, 0.6) is 0 Å². The van der Waals surface area contributed by atoms with E-state index in [9.17, 15) is 28.0 Å². The Hall–Kier alpha value is -4.84. The molecule has 1 aromatic carbocycles. The predicted molar refractivity (Wildman–Crippen MR) is 142 cm³/mol. The van der Waals surface area contributed by atoms with Crippen molar-refractivity contribution in [2.45, 2.75) is 51.4 Å². The number of amides is 2. The Morgan fingerprint density at radius 1 is 1.17 bits per heavy atom. The van der Waals surface area contributed by atoms with Crippen molar-refractivity contribution in [3.8, 4) is 11.9 Å². The van der Waals surface area contributed by atoms with Gasteiger partial charge in [0, 0.05) is 12.2 Å². The van der Waals surface area contributed by atoms with Gasteiger partial charge in [0.1, 0.15) is 12.2 Å². The van der Waals surface area contributed by atoms with Gasteiger partial charge in [0.15, 0.2) is 5.82 Å². The van der Waals surface area contributed by atoms with Crippen molar-refractivity contribution in [1.82, 2.24) is 40.3 Å². The third-order valence-corrected chi connectivity index (χ3v) is 6.88. The molecule has 0 radical (unpaired) electrons. The number of nitriles is 1. The first-order valence-corrected chi connectivity index (χ1v) is 13.1. The molecule has 0 saturated heterocycles. The van der Waals surface area contributed by atoms with Gasteiger partial charge in [-0.1, -0.05) is 24.4 Å². The molecular formula is C26H22ClF3N10O2. The highest BCUT2D eigenvalue weighted by molar-refractivity contribution is 6.32. The van der Waals surface area contributed by atoms with E-state index in [1.54, 1.807) is 13.0 Å². The van der Waals surface area contributed by atoms with Gasteiger partial charge in [0.25, 0.3) is 17.6 Å².